The maximum Gasteiger partial charge on any atom is 0.252 e. The molecule has 2 aromatic heterocycles. The molecule has 0 aliphatic heterocycles. The van der Waals surface area contributed by atoms with E-state index >= 15 is 0 Å². The summed E-state index contributed by atoms with van der Waals surface area (Å²) in [6.07, 6.45) is 2.85. The number of hydrogen-bond donors (Lipinski definition) is 1. The zero-order chi connectivity index (χ0) is 18.8. The quantitative estimate of drug-likeness (QED) is 0.706. The van der Waals surface area contributed by atoms with Gasteiger partial charge in [-0.2, -0.15) is 0 Å². The van der Waals surface area contributed by atoms with Gasteiger partial charge in [0.25, 0.3) is 5.88 Å². The van der Waals surface area contributed by atoms with E-state index in [1.54, 1.807) is 18.3 Å². The molecule has 2 heterocycles. The van der Waals surface area contributed by atoms with Crippen molar-refractivity contribution in [3.8, 4) is 23.1 Å². The van der Waals surface area contributed by atoms with Crippen LogP contribution >= 0.6 is 0 Å². The summed E-state index contributed by atoms with van der Waals surface area (Å²) in [6.45, 7) is 0.0977. The molecule has 0 atom stereocenters. The third-order valence-electron chi connectivity index (χ3n) is 4.35. The van der Waals surface area contributed by atoms with E-state index in [9.17, 15) is 13.9 Å². The van der Waals surface area contributed by atoms with Gasteiger partial charge in [0.2, 0.25) is 5.88 Å². The number of benzene rings is 1. The normalized spacial score (nSPS) is 18.9. The molecule has 6 nitrogen and oxygen atoms in total. The van der Waals surface area contributed by atoms with Crippen LogP contribution in [0.2, 0.25) is 0 Å². The van der Waals surface area contributed by atoms with Crippen molar-refractivity contribution in [2.75, 3.05) is 0 Å². The predicted octanol–water partition coefficient (Wildman–Crippen LogP) is 3.85. The van der Waals surface area contributed by atoms with Crippen molar-refractivity contribution in [1.29, 1.82) is 0 Å². The molecule has 0 bridgehead atoms. The molecule has 0 amide bonds. The Morgan fingerprint density at radius 3 is 2.63 bits per heavy atom. The Kier molecular flexibility index (Phi) is 4.72. The Labute approximate surface area is 153 Å². The van der Waals surface area contributed by atoms with Crippen molar-refractivity contribution in [2.24, 2.45) is 0 Å². The lowest BCUT2D eigenvalue weighted by atomic mass is 9.92. The van der Waals surface area contributed by atoms with Gasteiger partial charge in [-0.25, -0.2) is 13.8 Å². The van der Waals surface area contributed by atoms with Crippen LogP contribution in [0.25, 0.3) is 11.3 Å². The fraction of sp³-hybridized carbons (Fsp3) is 0.263. The van der Waals surface area contributed by atoms with E-state index in [4.69, 9.17) is 14.0 Å². The van der Waals surface area contributed by atoms with Crippen LogP contribution in [0.15, 0.2) is 47.1 Å². The largest absolute Gasteiger partial charge is 0.491 e. The minimum absolute atomic E-state index is 0.0271. The molecule has 1 fully saturated rings. The second-order valence-corrected chi connectivity index (χ2v) is 6.31. The van der Waals surface area contributed by atoms with Crippen LogP contribution in [-0.4, -0.2) is 27.5 Å². The van der Waals surface area contributed by atoms with Crippen LogP contribution in [0.3, 0.4) is 0 Å². The van der Waals surface area contributed by atoms with Gasteiger partial charge in [0.1, 0.15) is 17.7 Å². The van der Waals surface area contributed by atoms with Crippen LogP contribution in [0.5, 0.6) is 11.8 Å². The Balaban J connectivity index is 1.24. The first-order valence-corrected chi connectivity index (χ1v) is 8.41. The van der Waals surface area contributed by atoms with Gasteiger partial charge in [-0.3, -0.25) is 0 Å². The number of ether oxygens (including phenoxy) is 2. The number of aromatic nitrogens is 2. The molecule has 1 N–H and O–H groups in total. The van der Waals surface area contributed by atoms with Crippen LogP contribution in [0.1, 0.15) is 18.4 Å². The maximum absolute atomic E-state index is 13.6. The molecule has 1 aromatic carbocycles. The Bertz CT molecular complexity index is 924. The molecule has 0 unspecified atom stereocenters. The van der Waals surface area contributed by atoms with Crippen LogP contribution in [-0.2, 0) is 11.3 Å². The summed E-state index contributed by atoms with van der Waals surface area (Å²) in [6, 6.07) is 8.31. The van der Waals surface area contributed by atoms with Crippen molar-refractivity contribution in [2.45, 2.75) is 31.7 Å². The molecule has 8 heteroatoms. The van der Waals surface area contributed by atoms with Gasteiger partial charge in [0.15, 0.2) is 5.76 Å². The molecular weight excluding hydrogens is 358 g/mol. The number of rotatable bonds is 6. The number of hydrogen-bond acceptors (Lipinski definition) is 6. The van der Waals surface area contributed by atoms with Gasteiger partial charge in [-0.15, -0.1) is 0 Å². The summed E-state index contributed by atoms with van der Waals surface area (Å²) in [5, 5.41) is 12.6. The highest BCUT2D eigenvalue weighted by Crippen LogP contribution is 2.29. The van der Waals surface area contributed by atoms with Crippen LogP contribution in [0.4, 0.5) is 8.78 Å². The van der Waals surface area contributed by atoms with Gasteiger partial charge in [0.05, 0.1) is 12.7 Å². The predicted molar refractivity (Wildman–Crippen MR) is 90.0 cm³/mol. The average molecular weight is 374 g/mol. The van der Waals surface area contributed by atoms with Gasteiger partial charge in [0, 0.05) is 48.4 Å². The molecule has 0 saturated heterocycles. The van der Waals surface area contributed by atoms with E-state index in [2.05, 4.69) is 10.1 Å². The molecule has 3 aromatic rings. The van der Waals surface area contributed by atoms with Crippen molar-refractivity contribution in [3.05, 3.63) is 59.8 Å². The summed E-state index contributed by atoms with van der Waals surface area (Å²) in [5.41, 5.74) is 1.00. The third kappa shape index (κ3) is 4.06. The first-order valence-electron chi connectivity index (χ1n) is 8.41. The minimum Gasteiger partial charge on any atom is -0.491 e. The topological polar surface area (TPSA) is 77.6 Å². The molecule has 1 aliphatic rings. The van der Waals surface area contributed by atoms with Crippen molar-refractivity contribution < 1.29 is 27.9 Å². The Morgan fingerprint density at radius 1 is 1.11 bits per heavy atom. The lowest BCUT2D eigenvalue weighted by molar-refractivity contribution is -0.0701. The first-order chi connectivity index (χ1) is 13.1. The number of aromatic hydroxyl groups is 1. The Hall–Kier alpha value is -3.00. The molecule has 1 aliphatic carbocycles. The standard InChI is InChI=1S/C19H16F2N2O4/c20-13-3-1-12(16(21)5-13)10-25-14-6-15(7-14)26-19-4-2-11(9-22-19)17-8-18(24)23-27-17/h1-5,8-9,14-15H,6-7,10H2,(H,23,24). The van der Waals surface area contributed by atoms with Gasteiger partial charge < -0.3 is 19.1 Å². The molecule has 4 rings (SSSR count). The van der Waals surface area contributed by atoms with E-state index in [-0.39, 0.29) is 24.7 Å². The van der Waals surface area contributed by atoms with E-state index in [1.807, 2.05) is 0 Å². The minimum atomic E-state index is -0.605. The highest BCUT2D eigenvalue weighted by atomic mass is 19.1. The average Bonchev–Trinajstić information content (AvgIpc) is 3.05. The fourth-order valence-corrected chi connectivity index (χ4v) is 2.76. The van der Waals surface area contributed by atoms with Crippen molar-refractivity contribution in [3.63, 3.8) is 0 Å². The molecule has 140 valence electrons. The molecule has 0 spiro atoms. The van der Waals surface area contributed by atoms with E-state index in [0.29, 0.717) is 35.6 Å². The number of halogens is 2. The summed E-state index contributed by atoms with van der Waals surface area (Å²) in [5.74, 6) is -0.517. The summed E-state index contributed by atoms with van der Waals surface area (Å²) in [4.78, 5) is 4.21. The monoisotopic (exact) mass is 374 g/mol. The van der Waals surface area contributed by atoms with E-state index < -0.39 is 11.6 Å². The smallest absolute Gasteiger partial charge is 0.252 e. The fourth-order valence-electron chi connectivity index (χ4n) is 2.76. The van der Waals surface area contributed by atoms with Crippen LogP contribution in [0, 0.1) is 11.6 Å². The molecule has 27 heavy (non-hydrogen) atoms. The zero-order valence-corrected chi connectivity index (χ0v) is 14.1. The second kappa shape index (κ2) is 7.32. The van der Waals surface area contributed by atoms with E-state index in [0.717, 1.165) is 6.07 Å². The Morgan fingerprint density at radius 2 is 1.96 bits per heavy atom. The third-order valence-corrected chi connectivity index (χ3v) is 4.35. The SMILES string of the molecule is Oc1cc(-c2ccc(OC3CC(OCc4ccc(F)cc4F)C3)nc2)on1. The lowest BCUT2D eigenvalue weighted by Crippen LogP contribution is -2.39. The highest BCUT2D eigenvalue weighted by Gasteiger charge is 2.32. The molecular formula is C19H16F2N2O4. The second-order valence-electron chi connectivity index (χ2n) is 6.31. The molecule has 0 radical (unpaired) electrons. The van der Waals surface area contributed by atoms with Crippen LogP contribution < -0.4 is 4.74 Å². The van der Waals surface area contributed by atoms with Gasteiger partial charge in [-0.05, 0) is 17.3 Å². The first kappa shape index (κ1) is 17.4. The zero-order valence-electron chi connectivity index (χ0n) is 14.1. The highest BCUT2D eigenvalue weighted by molar-refractivity contribution is 5.57. The van der Waals surface area contributed by atoms with Crippen molar-refractivity contribution in [1.82, 2.24) is 10.1 Å². The maximum atomic E-state index is 13.6. The van der Waals surface area contributed by atoms with Gasteiger partial charge >= 0.3 is 0 Å². The lowest BCUT2D eigenvalue weighted by Gasteiger charge is -2.34. The van der Waals surface area contributed by atoms with Crippen molar-refractivity contribution >= 4 is 0 Å². The summed E-state index contributed by atoms with van der Waals surface area (Å²) >= 11 is 0. The summed E-state index contributed by atoms with van der Waals surface area (Å²) in [7, 11) is 0. The van der Waals surface area contributed by atoms with E-state index in [1.165, 1.54) is 18.2 Å². The van der Waals surface area contributed by atoms with Gasteiger partial charge in [-0.1, -0.05) is 6.07 Å². The summed E-state index contributed by atoms with van der Waals surface area (Å²) < 4.78 is 42.8. The molecule has 1 saturated carbocycles. The number of nitrogens with zero attached hydrogens (tertiary/aromatic N) is 2. The number of pyridine rings is 1.